The molecule has 2 fully saturated rings. The molecule has 6 rings (SSSR count). The molecule has 4 heterocycles. The molecule has 0 bridgehead atoms. The van der Waals surface area contributed by atoms with Crippen LogP contribution < -0.4 is 10.1 Å². The topological polar surface area (TPSA) is 124 Å². The maximum atomic E-state index is 13.0. The maximum absolute atomic E-state index is 13.0. The number of furan rings is 1. The molecule has 1 saturated carbocycles. The van der Waals surface area contributed by atoms with Crippen molar-refractivity contribution in [2.75, 3.05) is 19.6 Å². The van der Waals surface area contributed by atoms with Gasteiger partial charge in [-0.2, -0.15) is 4.98 Å². The average Bonchev–Trinajstić information content (AvgIpc) is 3.22. The van der Waals surface area contributed by atoms with Crippen LogP contribution in [0, 0.1) is 18.3 Å². The first-order chi connectivity index (χ1) is 18.0. The summed E-state index contributed by atoms with van der Waals surface area (Å²) in [6.07, 6.45) is 6.25. The number of hydrogen-bond donors (Lipinski definition) is 1. The molecule has 1 atom stereocenters. The predicted octanol–water partition coefficient (Wildman–Crippen LogP) is 3.77. The third kappa shape index (κ3) is 4.78. The zero-order valence-corrected chi connectivity index (χ0v) is 20.5. The van der Waals surface area contributed by atoms with Crippen LogP contribution >= 0.6 is 0 Å². The lowest BCUT2D eigenvalue weighted by Crippen LogP contribution is -2.40. The summed E-state index contributed by atoms with van der Waals surface area (Å²) in [6, 6.07) is 10.7. The highest BCUT2D eigenvalue weighted by molar-refractivity contribution is 5.96. The minimum Gasteiger partial charge on any atom is -0.485 e. The number of carbonyl (C=O) groups excluding carboxylic acids is 2. The molecule has 1 aliphatic heterocycles. The van der Waals surface area contributed by atoms with E-state index in [2.05, 4.69) is 20.4 Å². The fourth-order valence-electron chi connectivity index (χ4n) is 5.21. The van der Waals surface area contributed by atoms with Crippen molar-refractivity contribution in [1.29, 1.82) is 0 Å². The summed E-state index contributed by atoms with van der Waals surface area (Å²) < 4.78 is 16.2. The highest BCUT2D eigenvalue weighted by Gasteiger charge is 2.54. The Morgan fingerprint density at radius 3 is 2.73 bits per heavy atom. The summed E-state index contributed by atoms with van der Waals surface area (Å²) in [6.45, 7) is 3.98. The summed E-state index contributed by atoms with van der Waals surface area (Å²) in [5, 5.41) is 7.69. The summed E-state index contributed by atoms with van der Waals surface area (Å²) in [5.74, 6) is 2.17. The van der Waals surface area contributed by atoms with Crippen molar-refractivity contribution < 1.29 is 23.3 Å². The molecule has 2 aliphatic rings. The normalized spacial score (nSPS) is 18.2. The second-order valence-corrected chi connectivity index (χ2v) is 9.83. The lowest BCUT2D eigenvalue weighted by Gasteiger charge is -2.33. The van der Waals surface area contributed by atoms with E-state index in [0.717, 1.165) is 37.7 Å². The van der Waals surface area contributed by atoms with Crippen LogP contribution in [0.2, 0.25) is 0 Å². The van der Waals surface area contributed by atoms with E-state index in [1.54, 1.807) is 49.6 Å². The summed E-state index contributed by atoms with van der Waals surface area (Å²) in [4.78, 5) is 35.6. The molecule has 1 aromatic carbocycles. The third-order valence-corrected chi connectivity index (χ3v) is 7.50. The summed E-state index contributed by atoms with van der Waals surface area (Å²) in [5.41, 5.74) is 1.46. The van der Waals surface area contributed by atoms with Gasteiger partial charge in [-0.05, 0) is 67.0 Å². The van der Waals surface area contributed by atoms with Crippen LogP contribution in [0.5, 0.6) is 5.75 Å². The van der Waals surface area contributed by atoms with Crippen molar-refractivity contribution in [2.24, 2.45) is 11.3 Å². The minimum atomic E-state index is -0.203. The number of hydrogen-bond acceptors (Lipinski definition) is 8. The number of aryl methyl sites for hydroxylation is 1. The Kier molecular flexibility index (Phi) is 5.86. The Bertz CT molecular complexity index is 1400. The Hall–Kier alpha value is -4.21. The molecule has 37 heavy (non-hydrogen) atoms. The van der Waals surface area contributed by atoms with E-state index in [1.807, 2.05) is 11.0 Å². The maximum Gasteiger partial charge on any atom is 0.287 e. The molecule has 1 aliphatic carbocycles. The second kappa shape index (κ2) is 9.34. The van der Waals surface area contributed by atoms with Gasteiger partial charge in [-0.15, -0.1) is 0 Å². The highest BCUT2D eigenvalue weighted by Crippen LogP contribution is 2.59. The first-order valence-electron chi connectivity index (χ1n) is 12.4. The summed E-state index contributed by atoms with van der Waals surface area (Å²) >= 11 is 0. The van der Waals surface area contributed by atoms with Crippen molar-refractivity contribution in [3.63, 3.8) is 0 Å². The van der Waals surface area contributed by atoms with E-state index in [9.17, 15) is 9.59 Å². The first-order valence-corrected chi connectivity index (χ1v) is 12.4. The first kappa shape index (κ1) is 23.2. The van der Waals surface area contributed by atoms with Crippen molar-refractivity contribution >= 4 is 22.8 Å². The molecule has 0 radical (unpaired) electrons. The largest absolute Gasteiger partial charge is 0.485 e. The number of benzene rings is 1. The molecule has 3 aromatic heterocycles. The summed E-state index contributed by atoms with van der Waals surface area (Å²) in [7, 11) is 0. The van der Waals surface area contributed by atoms with E-state index in [0.29, 0.717) is 46.8 Å². The zero-order valence-electron chi connectivity index (χ0n) is 20.5. The molecule has 10 heteroatoms. The molecular formula is C27H27N5O5. The van der Waals surface area contributed by atoms with Crippen molar-refractivity contribution in [3.8, 4) is 5.75 Å². The SMILES string of the molecule is Cc1nc(COc2ccc(C(=O)N3CCC4(CC3)CC4CNC(=O)c3cc4ccncc4o3)cc2)no1. The van der Waals surface area contributed by atoms with E-state index in [1.165, 1.54) is 0 Å². The van der Waals surface area contributed by atoms with Gasteiger partial charge in [0.05, 0.1) is 6.20 Å². The quantitative estimate of drug-likeness (QED) is 0.406. The molecule has 4 aromatic rings. The van der Waals surface area contributed by atoms with Crippen LogP contribution in [-0.4, -0.2) is 51.5 Å². The van der Waals surface area contributed by atoms with Gasteiger partial charge in [0.2, 0.25) is 11.7 Å². The predicted molar refractivity (Wildman–Crippen MR) is 132 cm³/mol. The fourth-order valence-corrected chi connectivity index (χ4v) is 5.21. The van der Waals surface area contributed by atoms with Gasteiger partial charge in [0.15, 0.2) is 18.0 Å². The van der Waals surface area contributed by atoms with Crippen LogP contribution in [0.15, 0.2) is 57.7 Å². The smallest absolute Gasteiger partial charge is 0.287 e. The van der Waals surface area contributed by atoms with Crippen molar-refractivity contribution in [3.05, 3.63) is 71.8 Å². The number of ether oxygens (including phenoxy) is 1. The lowest BCUT2D eigenvalue weighted by atomic mass is 9.90. The van der Waals surface area contributed by atoms with Gasteiger partial charge in [0, 0.05) is 43.7 Å². The third-order valence-electron chi connectivity index (χ3n) is 7.50. The monoisotopic (exact) mass is 501 g/mol. The molecule has 10 nitrogen and oxygen atoms in total. The van der Waals surface area contributed by atoms with E-state index in [-0.39, 0.29) is 23.8 Å². The van der Waals surface area contributed by atoms with Gasteiger partial charge in [0.25, 0.3) is 11.8 Å². The van der Waals surface area contributed by atoms with Gasteiger partial charge in [0.1, 0.15) is 5.75 Å². The van der Waals surface area contributed by atoms with Gasteiger partial charge < -0.3 is 23.9 Å². The molecule has 2 amide bonds. The minimum absolute atomic E-state index is 0.0278. The van der Waals surface area contributed by atoms with Crippen LogP contribution in [-0.2, 0) is 6.61 Å². The zero-order chi connectivity index (χ0) is 25.4. The van der Waals surface area contributed by atoms with E-state index < -0.39 is 0 Å². The molecule has 1 unspecified atom stereocenters. The number of nitrogens with zero attached hydrogens (tertiary/aromatic N) is 4. The molecular weight excluding hydrogens is 474 g/mol. The van der Waals surface area contributed by atoms with Crippen LogP contribution in [0.1, 0.15) is 51.9 Å². The van der Waals surface area contributed by atoms with Crippen LogP contribution in [0.3, 0.4) is 0 Å². The number of aromatic nitrogens is 3. The number of carbonyl (C=O) groups is 2. The molecule has 1 spiro atoms. The van der Waals surface area contributed by atoms with Gasteiger partial charge in [-0.1, -0.05) is 5.16 Å². The number of nitrogens with one attached hydrogen (secondary N) is 1. The Morgan fingerprint density at radius 1 is 1.19 bits per heavy atom. The second-order valence-electron chi connectivity index (χ2n) is 9.83. The Balaban J connectivity index is 0.968. The van der Waals surface area contributed by atoms with Crippen molar-refractivity contribution in [2.45, 2.75) is 32.8 Å². The number of fused-ring (bicyclic) bond motifs is 1. The molecule has 1 N–H and O–H groups in total. The number of amides is 2. The van der Waals surface area contributed by atoms with Crippen LogP contribution in [0.25, 0.3) is 11.0 Å². The number of pyridine rings is 1. The standard InChI is InChI=1S/C27H27N5O5/c1-17-30-24(31-37-17)16-35-21-4-2-18(3-5-21)26(34)32-10-7-27(8-11-32)13-20(27)14-29-25(33)22-12-19-6-9-28-15-23(19)36-22/h2-6,9,12,15,20H,7-8,10-11,13-14,16H2,1H3,(H,29,33). The van der Waals surface area contributed by atoms with Gasteiger partial charge in [-0.25, -0.2) is 0 Å². The molecule has 1 saturated heterocycles. The average molecular weight is 502 g/mol. The van der Waals surface area contributed by atoms with Gasteiger partial charge in [-0.3, -0.25) is 14.6 Å². The Morgan fingerprint density at radius 2 is 2.00 bits per heavy atom. The van der Waals surface area contributed by atoms with Crippen molar-refractivity contribution in [1.82, 2.24) is 25.3 Å². The van der Waals surface area contributed by atoms with Gasteiger partial charge >= 0.3 is 0 Å². The fraction of sp³-hybridized carbons (Fsp3) is 0.370. The Labute approximate surface area is 213 Å². The van der Waals surface area contributed by atoms with Crippen LogP contribution in [0.4, 0.5) is 0 Å². The van der Waals surface area contributed by atoms with E-state index >= 15 is 0 Å². The number of likely N-dealkylation sites (tertiary alicyclic amines) is 1. The highest BCUT2D eigenvalue weighted by atomic mass is 16.5. The number of piperidine rings is 1. The lowest BCUT2D eigenvalue weighted by molar-refractivity contribution is 0.0668. The van der Waals surface area contributed by atoms with E-state index in [4.69, 9.17) is 13.7 Å². The molecule has 190 valence electrons. The number of rotatable bonds is 7.